The second-order valence-corrected chi connectivity index (χ2v) is 22.8. The third-order valence-electron chi connectivity index (χ3n) is 15.6. The lowest BCUT2D eigenvalue weighted by molar-refractivity contribution is -0.143. The monoisotopic (exact) mass is 1020 g/mol. The van der Waals surface area contributed by atoms with Crippen LogP contribution < -0.4 is 5.32 Å². The summed E-state index contributed by atoms with van der Waals surface area (Å²) >= 11 is 0. The van der Waals surface area contributed by atoms with Crippen LogP contribution in [0.3, 0.4) is 0 Å². The van der Waals surface area contributed by atoms with Crippen LogP contribution in [-0.2, 0) is 14.3 Å². The van der Waals surface area contributed by atoms with Gasteiger partial charge >= 0.3 is 5.97 Å². The molecule has 0 aliphatic rings. The van der Waals surface area contributed by atoms with E-state index in [1.165, 1.54) is 308 Å². The van der Waals surface area contributed by atoms with Crippen LogP contribution >= 0.6 is 0 Å². The molecule has 1 amide bonds. The Balaban J connectivity index is 3.42. The summed E-state index contributed by atoms with van der Waals surface area (Å²) in [5.74, 6) is -0.0548. The van der Waals surface area contributed by atoms with Gasteiger partial charge in [-0.25, -0.2) is 0 Å². The number of aliphatic hydroxyl groups excluding tert-OH is 2. The summed E-state index contributed by atoms with van der Waals surface area (Å²) in [5.41, 5.74) is 0. The lowest BCUT2D eigenvalue weighted by Crippen LogP contribution is -2.45. The van der Waals surface area contributed by atoms with Crippen LogP contribution in [0.4, 0.5) is 0 Å². The van der Waals surface area contributed by atoms with Crippen molar-refractivity contribution < 1.29 is 24.5 Å². The highest BCUT2D eigenvalue weighted by molar-refractivity contribution is 5.76. The Kier molecular flexibility index (Phi) is 60.9. The average molecular weight is 1020 g/mol. The number of aliphatic hydroxyl groups is 2. The van der Waals surface area contributed by atoms with Crippen molar-refractivity contribution in [3.05, 3.63) is 12.2 Å². The Morgan fingerprint density at radius 2 is 0.639 bits per heavy atom. The predicted octanol–water partition coefficient (Wildman–Crippen LogP) is 20.8. The first kappa shape index (κ1) is 70.6. The number of carbonyl (C=O) groups is 2. The minimum absolute atomic E-state index is 0.0116. The molecule has 0 radical (unpaired) electrons. The first-order valence-corrected chi connectivity index (χ1v) is 33.0. The highest BCUT2D eigenvalue weighted by atomic mass is 16.5. The summed E-state index contributed by atoms with van der Waals surface area (Å²) in [7, 11) is 0. The van der Waals surface area contributed by atoms with E-state index in [0.29, 0.717) is 19.4 Å². The molecular weight excluding hydrogens is 887 g/mol. The van der Waals surface area contributed by atoms with Crippen LogP contribution in [0, 0.1) is 0 Å². The number of rotatable bonds is 62. The number of unbranched alkanes of at least 4 members (excludes halogenated alkanes) is 51. The maximum Gasteiger partial charge on any atom is 0.305 e. The van der Waals surface area contributed by atoms with Crippen molar-refractivity contribution >= 4 is 11.9 Å². The van der Waals surface area contributed by atoms with Gasteiger partial charge in [-0.05, 0) is 32.1 Å². The number of carbonyl (C=O) groups excluding carboxylic acids is 2. The van der Waals surface area contributed by atoms with Gasteiger partial charge in [-0.1, -0.05) is 341 Å². The van der Waals surface area contributed by atoms with Crippen molar-refractivity contribution in [2.45, 2.75) is 386 Å². The molecule has 428 valence electrons. The molecule has 3 N–H and O–H groups in total. The molecule has 0 aromatic rings. The van der Waals surface area contributed by atoms with Crippen molar-refractivity contribution in [3.63, 3.8) is 0 Å². The zero-order valence-corrected chi connectivity index (χ0v) is 48.9. The zero-order chi connectivity index (χ0) is 52.2. The molecule has 0 bridgehead atoms. The molecule has 0 aromatic heterocycles. The summed E-state index contributed by atoms with van der Waals surface area (Å²) in [6.07, 6.45) is 75.5. The third kappa shape index (κ3) is 57.9. The predicted molar refractivity (Wildman–Crippen MR) is 315 cm³/mol. The summed E-state index contributed by atoms with van der Waals surface area (Å²) in [5, 5.41) is 23.2. The van der Waals surface area contributed by atoms with Crippen LogP contribution in [0.1, 0.15) is 373 Å². The zero-order valence-electron chi connectivity index (χ0n) is 48.9. The van der Waals surface area contributed by atoms with Gasteiger partial charge in [0.2, 0.25) is 5.91 Å². The van der Waals surface area contributed by atoms with Crippen molar-refractivity contribution in [2.24, 2.45) is 0 Å². The second kappa shape index (κ2) is 62.1. The van der Waals surface area contributed by atoms with Gasteiger partial charge in [-0.15, -0.1) is 0 Å². The van der Waals surface area contributed by atoms with Crippen LogP contribution in [0.2, 0.25) is 0 Å². The summed E-state index contributed by atoms with van der Waals surface area (Å²) in [6, 6.07) is -0.630. The van der Waals surface area contributed by atoms with E-state index in [2.05, 4.69) is 19.2 Å². The first-order chi connectivity index (χ1) is 35.5. The Hall–Kier alpha value is -1.40. The van der Waals surface area contributed by atoms with Gasteiger partial charge in [0.05, 0.1) is 25.4 Å². The van der Waals surface area contributed by atoms with Gasteiger partial charge < -0.3 is 20.3 Å². The molecule has 0 fully saturated rings. The van der Waals surface area contributed by atoms with E-state index in [1.54, 1.807) is 6.08 Å². The number of nitrogens with one attached hydrogen (secondary N) is 1. The summed E-state index contributed by atoms with van der Waals surface area (Å²) in [4.78, 5) is 24.6. The standard InChI is InChI=1S/C66H129NO5/c1-3-5-7-9-11-13-15-17-19-20-21-22-23-25-28-31-34-38-42-46-50-54-58-64(69)63(62-68)67-65(70)59-55-51-47-43-39-35-32-29-26-24-27-30-33-37-41-45-49-53-57-61-72-66(71)60-56-52-48-44-40-36-18-16-14-12-10-8-6-4-2/h54,58,63-64,68-69H,3-53,55-57,59-62H2,1-2H3,(H,67,70)/b58-54+. The van der Waals surface area contributed by atoms with E-state index < -0.39 is 12.1 Å². The Morgan fingerprint density at radius 3 is 0.944 bits per heavy atom. The SMILES string of the molecule is CCCCCCCCCCCCCCCCCCCCCC/C=C/C(O)C(CO)NC(=O)CCCCCCCCCCCCCCCCCCCCCOC(=O)CCCCCCCCCCCCCCCC. The van der Waals surface area contributed by atoms with E-state index in [-0.39, 0.29) is 18.5 Å². The molecule has 0 aliphatic carbocycles. The smallest absolute Gasteiger partial charge is 0.305 e. The minimum atomic E-state index is -0.847. The molecule has 0 spiro atoms. The highest BCUT2D eigenvalue weighted by Gasteiger charge is 2.18. The molecule has 6 nitrogen and oxygen atoms in total. The lowest BCUT2D eigenvalue weighted by atomic mass is 10.0. The third-order valence-corrected chi connectivity index (χ3v) is 15.6. The minimum Gasteiger partial charge on any atom is -0.466 e. The number of amides is 1. The summed E-state index contributed by atoms with van der Waals surface area (Å²) < 4.78 is 5.49. The van der Waals surface area contributed by atoms with Gasteiger partial charge in [0, 0.05) is 12.8 Å². The van der Waals surface area contributed by atoms with E-state index in [4.69, 9.17) is 4.74 Å². The quantitative estimate of drug-likeness (QED) is 0.0320. The van der Waals surface area contributed by atoms with E-state index in [1.807, 2.05) is 6.08 Å². The fraction of sp³-hybridized carbons (Fsp3) is 0.939. The van der Waals surface area contributed by atoms with Gasteiger partial charge in [0.25, 0.3) is 0 Å². The maximum atomic E-state index is 12.5. The van der Waals surface area contributed by atoms with Crippen LogP contribution in [0.5, 0.6) is 0 Å². The molecule has 0 saturated heterocycles. The van der Waals surface area contributed by atoms with Crippen molar-refractivity contribution in [1.82, 2.24) is 5.32 Å². The fourth-order valence-corrected chi connectivity index (χ4v) is 10.5. The fourth-order valence-electron chi connectivity index (χ4n) is 10.5. The van der Waals surface area contributed by atoms with Gasteiger partial charge in [-0.2, -0.15) is 0 Å². The van der Waals surface area contributed by atoms with Gasteiger partial charge in [0.15, 0.2) is 0 Å². The van der Waals surface area contributed by atoms with Gasteiger partial charge in [0.1, 0.15) is 0 Å². The normalized spacial score (nSPS) is 12.6. The molecule has 0 saturated carbocycles. The van der Waals surface area contributed by atoms with Crippen LogP contribution in [0.15, 0.2) is 12.2 Å². The van der Waals surface area contributed by atoms with Gasteiger partial charge in [-0.3, -0.25) is 9.59 Å². The molecule has 2 unspecified atom stereocenters. The average Bonchev–Trinajstić information content (AvgIpc) is 3.38. The number of ether oxygens (including phenoxy) is 1. The van der Waals surface area contributed by atoms with Crippen molar-refractivity contribution in [3.8, 4) is 0 Å². The first-order valence-electron chi connectivity index (χ1n) is 33.0. The Labute approximate surface area is 450 Å². The maximum absolute atomic E-state index is 12.5. The van der Waals surface area contributed by atoms with Crippen LogP contribution in [-0.4, -0.2) is 47.4 Å². The topological polar surface area (TPSA) is 95.9 Å². The number of allylic oxidation sites excluding steroid dienone is 1. The van der Waals surface area contributed by atoms with E-state index >= 15 is 0 Å². The van der Waals surface area contributed by atoms with Crippen molar-refractivity contribution in [1.29, 1.82) is 0 Å². The molecule has 0 heterocycles. The number of esters is 1. The molecule has 0 rings (SSSR count). The molecule has 72 heavy (non-hydrogen) atoms. The van der Waals surface area contributed by atoms with E-state index in [9.17, 15) is 19.8 Å². The summed E-state index contributed by atoms with van der Waals surface area (Å²) in [6.45, 7) is 4.94. The number of hydrogen-bond donors (Lipinski definition) is 3. The Morgan fingerprint density at radius 1 is 0.375 bits per heavy atom. The Bertz CT molecular complexity index is 1080. The van der Waals surface area contributed by atoms with Crippen LogP contribution in [0.25, 0.3) is 0 Å². The van der Waals surface area contributed by atoms with E-state index in [0.717, 1.165) is 38.5 Å². The molecular formula is C66H129NO5. The largest absolute Gasteiger partial charge is 0.466 e. The highest BCUT2D eigenvalue weighted by Crippen LogP contribution is 2.19. The molecule has 0 aliphatic heterocycles. The molecule has 0 aromatic carbocycles. The number of hydrogen-bond acceptors (Lipinski definition) is 5. The molecule has 2 atom stereocenters. The lowest BCUT2D eigenvalue weighted by Gasteiger charge is -2.20. The molecule has 6 heteroatoms. The van der Waals surface area contributed by atoms with Crippen molar-refractivity contribution in [2.75, 3.05) is 13.2 Å². The second-order valence-electron chi connectivity index (χ2n) is 22.8.